The van der Waals surface area contributed by atoms with Gasteiger partial charge in [-0.15, -0.1) is 0 Å². The molecule has 1 aliphatic heterocycles. The number of amides is 1. The van der Waals surface area contributed by atoms with E-state index >= 15 is 0 Å². The second-order valence-corrected chi connectivity index (χ2v) is 5.41. The third kappa shape index (κ3) is 3.36. The van der Waals surface area contributed by atoms with Gasteiger partial charge >= 0.3 is 0 Å². The predicted octanol–water partition coefficient (Wildman–Crippen LogP) is 2.05. The average Bonchev–Trinajstić information content (AvgIpc) is 3.11. The molecule has 1 aliphatic rings. The average molecular weight is 306 g/mol. The van der Waals surface area contributed by atoms with Gasteiger partial charge in [0, 0.05) is 36.9 Å². The SMILES string of the molecule is O=C(NCCCn1cccn1)[C@@H]1Cc2cc(Cl)ccc2O1. The van der Waals surface area contributed by atoms with Crippen LogP contribution in [0.25, 0.3) is 0 Å². The van der Waals surface area contributed by atoms with Crippen LogP contribution in [0.1, 0.15) is 12.0 Å². The predicted molar refractivity (Wildman–Crippen MR) is 79.4 cm³/mol. The van der Waals surface area contributed by atoms with Crippen molar-refractivity contribution in [1.29, 1.82) is 0 Å². The Labute approximate surface area is 127 Å². The van der Waals surface area contributed by atoms with Gasteiger partial charge in [-0.3, -0.25) is 9.48 Å². The zero-order chi connectivity index (χ0) is 14.7. The number of nitrogens with one attached hydrogen (secondary N) is 1. The van der Waals surface area contributed by atoms with Crippen LogP contribution >= 0.6 is 11.6 Å². The summed E-state index contributed by atoms with van der Waals surface area (Å²) in [6, 6.07) is 7.31. The molecule has 0 radical (unpaired) electrons. The Bertz CT molecular complexity index is 628. The number of aromatic nitrogens is 2. The van der Waals surface area contributed by atoms with E-state index in [0.29, 0.717) is 18.0 Å². The van der Waals surface area contributed by atoms with Gasteiger partial charge in [-0.1, -0.05) is 11.6 Å². The molecule has 0 fully saturated rings. The summed E-state index contributed by atoms with van der Waals surface area (Å²) in [6.45, 7) is 1.39. The number of rotatable bonds is 5. The number of ether oxygens (including phenoxy) is 1. The highest BCUT2D eigenvalue weighted by atomic mass is 35.5. The number of halogens is 1. The first-order chi connectivity index (χ1) is 10.2. The molecule has 1 aromatic heterocycles. The van der Waals surface area contributed by atoms with Crippen LogP contribution in [-0.2, 0) is 17.8 Å². The molecule has 0 aliphatic carbocycles. The molecule has 6 heteroatoms. The maximum atomic E-state index is 12.1. The van der Waals surface area contributed by atoms with E-state index < -0.39 is 6.10 Å². The number of fused-ring (bicyclic) bond motifs is 1. The minimum Gasteiger partial charge on any atom is -0.480 e. The van der Waals surface area contributed by atoms with Crippen LogP contribution in [0.15, 0.2) is 36.7 Å². The Morgan fingerprint density at radius 2 is 2.43 bits per heavy atom. The van der Waals surface area contributed by atoms with Crippen LogP contribution in [0.2, 0.25) is 5.02 Å². The highest BCUT2D eigenvalue weighted by molar-refractivity contribution is 6.30. The van der Waals surface area contributed by atoms with E-state index in [9.17, 15) is 4.79 Å². The summed E-state index contributed by atoms with van der Waals surface area (Å²) >= 11 is 5.94. The summed E-state index contributed by atoms with van der Waals surface area (Å²) in [4.78, 5) is 12.1. The minimum absolute atomic E-state index is 0.0808. The Morgan fingerprint density at radius 1 is 1.52 bits per heavy atom. The smallest absolute Gasteiger partial charge is 0.261 e. The van der Waals surface area contributed by atoms with Gasteiger partial charge in [0.25, 0.3) is 5.91 Å². The number of hydrogen-bond donors (Lipinski definition) is 1. The van der Waals surface area contributed by atoms with Crippen LogP contribution < -0.4 is 10.1 Å². The molecular weight excluding hydrogens is 290 g/mol. The Morgan fingerprint density at radius 3 is 3.24 bits per heavy atom. The first-order valence-electron chi connectivity index (χ1n) is 6.92. The Hall–Kier alpha value is -2.01. The van der Waals surface area contributed by atoms with Crippen LogP contribution in [-0.4, -0.2) is 28.3 Å². The molecule has 21 heavy (non-hydrogen) atoms. The van der Waals surface area contributed by atoms with Gasteiger partial charge in [-0.25, -0.2) is 0 Å². The van der Waals surface area contributed by atoms with Gasteiger partial charge in [-0.2, -0.15) is 5.10 Å². The molecule has 5 nitrogen and oxygen atoms in total. The molecule has 3 rings (SSSR count). The summed E-state index contributed by atoms with van der Waals surface area (Å²) in [5.74, 6) is 0.666. The van der Waals surface area contributed by atoms with Crippen molar-refractivity contribution in [3.05, 3.63) is 47.2 Å². The minimum atomic E-state index is -0.455. The van der Waals surface area contributed by atoms with E-state index in [1.54, 1.807) is 12.3 Å². The normalized spacial score (nSPS) is 16.3. The molecule has 2 heterocycles. The third-order valence-corrected chi connectivity index (χ3v) is 3.65. The molecule has 2 aromatic rings. The summed E-state index contributed by atoms with van der Waals surface area (Å²) in [6.07, 6.45) is 4.60. The third-order valence-electron chi connectivity index (χ3n) is 3.41. The van der Waals surface area contributed by atoms with Crippen molar-refractivity contribution >= 4 is 17.5 Å². The Balaban J connectivity index is 1.45. The van der Waals surface area contributed by atoms with Crippen molar-refractivity contribution < 1.29 is 9.53 Å². The molecule has 1 amide bonds. The number of nitrogens with zero attached hydrogens (tertiary/aromatic N) is 2. The van der Waals surface area contributed by atoms with Crippen molar-refractivity contribution in [2.24, 2.45) is 0 Å². The number of hydrogen-bond acceptors (Lipinski definition) is 3. The molecule has 1 N–H and O–H groups in total. The van der Waals surface area contributed by atoms with Crippen molar-refractivity contribution in [1.82, 2.24) is 15.1 Å². The van der Waals surface area contributed by atoms with Gasteiger partial charge in [0.1, 0.15) is 5.75 Å². The maximum Gasteiger partial charge on any atom is 0.261 e. The van der Waals surface area contributed by atoms with Gasteiger partial charge < -0.3 is 10.1 Å². The molecule has 0 bridgehead atoms. The van der Waals surface area contributed by atoms with E-state index in [-0.39, 0.29) is 5.91 Å². The van der Waals surface area contributed by atoms with Crippen molar-refractivity contribution in [2.45, 2.75) is 25.5 Å². The summed E-state index contributed by atoms with van der Waals surface area (Å²) < 4.78 is 7.48. The topological polar surface area (TPSA) is 56.2 Å². The lowest BCUT2D eigenvalue weighted by Gasteiger charge is -2.11. The summed E-state index contributed by atoms with van der Waals surface area (Å²) in [5.41, 5.74) is 0.985. The Kier molecular flexibility index (Phi) is 4.10. The molecule has 0 saturated heterocycles. The standard InChI is InChI=1S/C15H16ClN3O2/c16-12-3-4-13-11(9-12)10-14(21-13)15(20)17-5-1-7-19-8-2-6-18-19/h2-4,6,8-9,14H,1,5,7,10H2,(H,17,20)/t14-/m0/s1. The first kappa shape index (κ1) is 13.9. The fourth-order valence-corrected chi connectivity index (χ4v) is 2.56. The fourth-order valence-electron chi connectivity index (χ4n) is 2.36. The number of carbonyl (C=O) groups excluding carboxylic acids is 1. The lowest BCUT2D eigenvalue weighted by molar-refractivity contribution is -0.127. The zero-order valence-corrected chi connectivity index (χ0v) is 12.2. The summed E-state index contributed by atoms with van der Waals surface area (Å²) in [7, 11) is 0. The van der Waals surface area contributed by atoms with Crippen LogP contribution in [0.3, 0.4) is 0 Å². The second-order valence-electron chi connectivity index (χ2n) is 4.98. The van der Waals surface area contributed by atoms with Gasteiger partial charge in [0.2, 0.25) is 0 Å². The van der Waals surface area contributed by atoms with Crippen LogP contribution in [0.5, 0.6) is 5.75 Å². The highest BCUT2D eigenvalue weighted by Gasteiger charge is 2.28. The summed E-state index contributed by atoms with van der Waals surface area (Å²) in [5, 5.41) is 7.68. The largest absolute Gasteiger partial charge is 0.480 e. The van der Waals surface area contributed by atoms with E-state index in [4.69, 9.17) is 16.3 Å². The molecule has 110 valence electrons. The number of carbonyl (C=O) groups is 1. The first-order valence-corrected chi connectivity index (χ1v) is 7.30. The van der Waals surface area contributed by atoms with E-state index in [1.165, 1.54) is 0 Å². The molecule has 0 saturated carbocycles. The van der Waals surface area contributed by atoms with Crippen LogP contribution in [0, 0.1) is 0 Å². The van der Waals surface area contributed by atoms with Gasteiger partial charge in [0.05, 0.1) is 0 Å². The maximum absolute atomic E-state index is 12.1. The molecule has 1 atom stereocenters. The zero-order valence-electron chi connectivity index (χ0n) is 11.5. The quantitative estimate of drug-likeness (QED) is 0.860. The molecule has 0 unspecified atom stereocenters. The van der Waals surface area contributed by atoms with E-state index in [2.05, 4.69) is 10.4 Å². The van der Waals surface area contributed by atoms with Gasteiger partial charge in [-0.05, 0) is 36.2 Å². The molecule has 1 aromatic carbocycles. The number of aryl methyl sites for hydroxylation is 1. The van der Waals surface area contributed by atoms with Crippen LogP contribution in [0.4, 0.5) is 0 Å². The lowest BCUT2D eigenvalue weighted by Crippen LogP contribution is -2.38. The highest BCUT2D eigenvalue weighted by Crippen LogP contribution is 2.31. The van der Waals surface area contributed by atoms with Crippen molar-refractivity contribution in [2.75, 3.05) is 6.54 Å². The molecular formula is C15H16ClN3O2. The van der Waals surface area contributed by atoms with E-state index in [1.807, 2.05) is 29.1 Å². The lowest BCUT2D eigenvalue weighted by atomic mass is 10.1. The number of benzene rings is 1. The fraction of sp³-hybridized carbons (Fsp3) is 0.333. The van der Waals surface area contributed by atoms with Gasteiger partial charge in [0.15, 0.2) is 6.10 Å². The second kappa shape index (κ2) is 6.18. The van der Waals surface area contributed by atoms with E-state index in [0.717, 1.165) is 24.3 Å². The molecule has 0 spiro atoms. The monoisotopic (exact) mass is 305 g/mol. The van der Waals surface area contributed by atoms with Crippen molar-refractivity contribution in [3.63, 3.8) is 0 Å². The van der Waals surface area contributed by atoms with Crippen molar-refractivity contribution in [3.8, 4) is 5.75 Å².